The normalized spacial score (nSPS) is 19.7. The van der Waals surface area contributed by atoms with E-state index in [1.807, 2.05) is 0 Å². The highest BCUT2D eigenvalue weighted by Gasteiger charge is 2.33. The van der Waals surface area contributed by atoms with Crippen LogP contribution in [0, 0.1) is 16.0 Å². The second-order valence-corrected chi connectivity index (χ2v) is 3.78. The van der Waals surface area contributed by atoms with Crippen molar-refractivity contribution < 1.29 is 19.6 Å². The van der Waals surface area contributed by atoms with Crippen molar-refractivity contribution in [3.8, 4) is 0 Å². The van der Waals surface area contributed by atoms with Crippen LogP contribution < -0.4 is 0 Å². The van der Waals surface area contributed by atoms with Gasteiger partial charge in [-0.25, -0.2) is 4.79 Å². The number of carbonyl (C=O) groups is 1. The summed E-state index contributed by atoms with van der Waals surface area (Å²) < 4.78 is 4.81. The summed E-state index contributed by atoms with van der Waals surface area (Å²) in [5.41, 5.74) is 0. The molecule has 0 aromatic heterocycles. The third-order valence-corrected chi connectivity index (χ3v) is 2.64. The molecule has 0 radical (unpaired) electrons. The molecule has 0 aromatic carbocycles. The van der Waals surface area contributed by atoms with E-state index in [0.717, 1.165) is 32.1 Å². The van der Waals surface area contributed by atoms with Crippen LogP contribution in [-0.4, -0.2) is 28.8 Å². The topological polar surface area (TPSA) is 89.7 Å². The van der Waals surface area contributed by atoms with Gasteiger partial charge in [0.05, 0.1) is 10.8 Å². The first-order chi connectivity index (χ1) is 7.11. The Morgan fingerprint density at radius 3 is 2.53 bits per heavy atom. The molecule has 6 heteroatoms. The van der Waals surface area contributed by atoms with E-state index < -0.39 is 23.7 Å². The Morgan fingerprint density at radius 2 is 2.07 bits per heavy atom. The fourth-order valence-electron chi connectivity index (χ4n) is 1.95. The summed E-state index contributed by atoms with van der Waals surface area (Å²) in [6.07, 6.45) is 3.38. The molecule has 1 unspecified atom stereocenters. The molecule has 1 aliphatic carbocycles. The predicted molar refractivity (Wildman–Crippen MR) is 50.9 cm³/mol. The van der Waals surface area contributed by atoms with E-state index in [0.29, 0.717) is 0 Å². The van der Waals surface area contributed by atoms with Crippen molar-refractivity contribution in [3.63, 3.8) is 0 Å². The van der Waals surface area contributed by atoms with Gasteiger partial charge in [-0.15, -0.1) is 0 Å². The summed E-state index contributed by atoms with van der Waals surface area (Å²) in [4.78, 5) is 20.4. The lowest BCUT2D eigenvalue weighted by molar-refractivity contribution is -0.586. The fourth-order valence-corrected chi connectivity index (χ4v) is 1.95. The predicted octanol–water partition coefficient (Wildman–Crippen LogP) is 1.27. The number of nitrogens with zero attached hydrogens (tertiary/aromatic N) is 1. The monoisotopic (exact) mass is 217 g/mol. The lowest BCUT2D eigenvalue weighted by Gasteiger charge is -2.23. The van der Waals surface area contributed by atoms with Crippen molar-refractivity contribution in [2.75, 3.05) is 6.61 Å². The van der Waals surface area contributed by atoms with Crippen molar-refractivity contribution in [1.29, 1.82) is 0 Å². The molecule has 1 N–H and O–H groups in total. The lowest BCUT2D eigenvalue weighted by atomic mass is 9.88. The molecule has 0 heterocycles. The largest absolute Gasteiger partial charge is 0.480 e. The van der Waals surface area contributed by atoms with Crippen LogP contribution in [0.5, 0.6) is 0 Å². The highest BCUT2D eigenvalue weighted by molar-refractivity contribution is 5.67. The molecular formula is C9H15NO5. The highest BCUT2D eigenvalue weighted by atomic mass is 16.7. The molecule has 15 heavy (non-hydrogen) atoms. The van der Waals surface area contributed by atoms with Crippen LogP contribution in [0.3, 0.4) is 0 Å². The van der Waals surface area contributed by atoms with Crippen molar-refractivity contribution in [3.05, 3.63) is 10.1 Å². The Hall–Kier alpha value is -1.17. The smallest absolute Gasteiger partial charge is 0.329 e. The van der Waals surface area contributed by atoms with Crippen LogP contribution in [0.25, 0.3) is 0 Å². The second kappa shape index (κ2) is 5.65. The molecule has 1 atom stereocenters. The Morgan fingerprint density at radius 1 is 1.47 bits per heavy atom. The molecule has 6 nitrogen and oxygen atoms in total. The van der Waals surface area contributed by atoms with Crippen molar-refractivity contribution in [1.82, 2.24) is 0 Å². The molecule has 0 amide bonds. The van der Waals surface area contributed by atoms with Gasteiger partial charge in [-0.3, -0.25) is 10.1 Å². The molecule has 0 spiro atoms. The highest BCUT2D eigenvalue weighted by Crippen LogP contribution is 2.28. The number of carboxylic acids is 1. The lowest BCUT2D eigenvalue weighted by Crippen LogP contribution is -2.34. The summed E-state index contributed by atoms with van der Waals surface area (Å²) in [7, 11) is 0. The number of nitro groups is 1. The van der Waals surface area contributed by atoms with E-state index in [1.165, 1.54) is 0 Å². The minimum Gasteiger partial charge on any atom is -0.480 e. The Balaban J connectivity index is 2.48. The number of hydrogen-bond donors (Lipinski definition) is 1. The quantitative estimate of drug-likeness (QED) is 0.425. The number of hydrogen-bond acceptors (Lipinski definition) is 4. The standard InChI is InChI=1S/C9H15NO5/c11-8(12)6-15-9(10(13)14)7-4-2-1-3-5-7/h7,9H,1-6H2,(H,11,12). The zero-order chi connectivity index (χ0) is 11.3. The number of carboxylic acid groups (broad SMARTS) is 1. The maximum Gasteiger partial charge on any atom is 0.329 e. The number of aliphatic carboxylic acids is 1. The molecule has 0 aliphatic heterocycles. The van der Waals surface area contributed by atoms with Gasteiger partial charge in [0.15, 0.2) is 6.61 Å². The summed E-state index contributed by atoms with van der Waals surface area (Å²) >= 11 is 0. The van der Waals surface area contributed by atoms with Gasteiger partial charge in [0, 0.05) is 0 Å². The van der Waals surface area contributed by atoms with Gasteiger partial charge in [0.25, 0.3) is 0 Å². The summed E-state index contributed by atoms with van der Waals surface area (Å²) in [5, 5.41) is 19.1. The Labute approximate surface area is 87.4 Å². The molecular weight excluding hydrogens is 202 g/mol. The summed E-state index contributed by atoms with van der Waals surface area (Å²) in [5.74, 6) is -1.30. The molecule has 1 saturated carbocycles. The molecule has 0 saturated heterocycles. The van der Waals surface area contributed by atoms with Crippen LogP contribution in [0.4, 0.5) is 0 Å². The molecule has 0 aromatic rings. The zero-order valence-electron chi connectivity index (χ0n) is 8.42. The maximum atomic E-state index is 10.7. The van der Waals surface area contributed by atoms with Gasteiger partial charge in [-0.05, 0) is 12.8 Å². The van der Waals surface area contributed by atoms with Crippen molar-refractivity contribution in [2.45, 2.75) is 38.3 Å². The van der Waals surface area contributed by atoms with Crippen LogP contribution in [-0.2, 0) is 9.53 Å². The second-order valence-electron chi connectivity index (χ2n) is 3.78. The van der Waals surface area contributed by atoms with Gasteiger partial charge in [0.2, 0.25) is 0 Å². The van der Waals surface area contributed by atoms with E-state index in [1.54, 1.807) is 0 Å². The van der Waals surface area contributed by atoms with Crippen LogP contribution in [0.1, 0.15) is 32.1 Å². The Bertz CT molecular complexity index is 237. The molecule has 86 valence electrons. The molecule has 1 fully saturated rings. The van der Waals surface area contributed by atoms with E-state index >= 15 is 0 Å². The van der Waals surface area contributed by atoms with Crippen molar-refractivity contribution in [2.24, 2.45) is 5.92 Å². The third kappa shape index (κ3) is 3.83. The van der Waals surface area contributed by atoms with E-state index in [-0.39, 0.29) is 5.92 Å². The Kier molecular flexibility index (Phi) is 4.48. The minimum atomic E-state index is -1.17. The summed E-state index contributed by atoms with van der Waals surface area (Å²) in [6, 6.07) is 0. The fraction of sp³-hybridized carbons (Fsp3) is 0.889. The van der Waals surface area contributed by atoms with Crippen LogP contribution in [0.2, 0.25) is 0 Å². The minimum absolute atomic E-state index is 0.131. The van der Waals surface area contributed by atoms with E-state index in [9.17, 15) is 14.9 Å². The SMILES string of the molecule is O=C(O)COC(C1CCCCC1)[N+](=O)[O-]. The number of rotatable bonds is 5. The van der Waals surface area contributed by atoms with Gasteiger partial charge < -0.3 is 9.84 Å². The van der Waals surface area contributed by atoms with Crippen molar-refractivity contribution >= 4 is 5.97 Å². The van der Waals surface area contributed by atoms with Gasteiger partial charge in [0.1, 0.15) is 0 Å². The van der Waals surface area contributed by atoms with E-state index in [2.05, 4.69) is 0 Å². The first kappa shape index (κ1) is 11.9. The average molecular weight is 217 g/mol. The first-order valence-corrected chi connectivity index (χ1v) is 5.08. The maximum absolute atomic E-state index is 10.7. The zero-order valence-corrected chi connectivity index (χ0v) is 8.42. The van der Waals surface area contributed by atoms with Crippen LogP contribution in [0.15, 0.2) is 0 Å². The molecule has 0 bridgehead atoms. The van der Waals surface area contributed by atoms with Gasteiger partial charge in [-0.1, -0.05) is 19.3 Å². The third-order valence-electron chi connectivity index (χ3n) is 2.64. The van der Waals surface area contributed by atoms with Crippen LogP contribution >= 0.6 is 0 Å². The molecule has 1 rings (SSSR count). The van der Waals surface area contributed by atoms with E-state index in [4.69, 9.17) is 9.84 Å². The van der Waals surface area contributed by atoms with Gasteiger partial charge >= 0.3 is 12.2 Å². The summed E-state index contributed by atoms with van der Waals surface area (Å²) in [6.45, 7) is -0.595. The first-order valence-electron chi connectivity index (χ1n) is 5.08. The average Bonchev–Trinajstić information content (AvgIpc) is 2.18. The molecule has 1 aliphatic rings. The van der Waals surface area contributed by atoms with Gasteiger partial charge in [-0.2, -0.15) is 0 Å². The number of ether oxygens (including phenoxy) is 1.